The third-order valence-electron chi connectivity index (χ3n) is 1.18. The van der Waals surface area contributed by atoms with E-state index in [0.717, 1.165) is 5.02 Å². The smallest absolute Gasteiger partial charge is 1.00 e. The molecule has 1 aromatic heterocycles. The molecule has 1 aromatic carbocycles. The van der Waals surface area contributed by atoms with Crippen molar-refractivity contribution in [2.45, 2.75) is 0 Å². The van der Waals surface area contributed by atoms with E-state index < -0.39 is 0 Å². The quantitative estimate of drug-likeness (QED) is 0.527. The first-order valence-electron chi connectivity index (χ1n) is 2.70. The van der Waals surface area contributed by atoms with E-state index in [-0.39, 0.29) is 12.4 Å². The number of halogens is 2. The standard InChI is InChI=1S/C6H3ClNSe2.ClH/c7-4-1-2-5-6(3-4)9-10-8-5;/h1-3H;1H/q+1;/p-1. The molecule has 2 rings (SSSR count). The Kier molecular flexibility index (Phi) is 3.57. The van der Waals surface area contributed by atoms with Crippen molar-refractivity contribution in [3.8, 4) is 0 Å². The van der Waals surface area contributed by atoms with Crippen molar-refractivity contribution in [3.05, 3.63) is 23.2 Å². The topological polar surface area (TPSA) is 12.9 Å². The fourth-order valence-electron chi connectivity index (χ4n) is 0.729. The van der Waals surface area contributed by atoms with Crippen LogP contribution in [0, 0.1) is 0 Å². The van der Waals surface area contributed by atoms with Crippen molar-refractivity contribution in [1.29, 1.82) is 0 Å². The fourth-order valence-corrected chi connectivity index (χ4v) is 6.49. The molecule has 0 unspecified atom stereocenters. The minimum atomic E-state index is 0. The number of hydrogen-bond acceptors (Lipinski definition) is 1. The minimum Gasteiger partial charge on any atom is -1.00 e. The number of hydrogen-bond donors (Lipinski definition) is 0. The van der Waals surface area contributed by atoms with E-state index in [0.29, 0.717) is 25.5 Å². The Balaban J connectivity index is 0.000000605. The second kappa shape index (κ2) is 4.04. The third kappa shape index (κ3) is 2.06. The molecule has 0 atom stereocenters. The number of fused-ring (bicyclic) bond motifs is 1. The van der Waals surface area contributed by atoms with E-state index in [2.05, 4.69) is 3.98 Å². The number of rotatable bonds is 0. The number of benzene rings is 1. The van der Waals surface area contributed by atoms with Crippen molar-refractivity contribution < 1.29 is 12.4 Å². The summed E-state index contributed by atoms with van der Waals surface area (Å²) in [5, 5.41) is 0.841. The van der Waals surface area contributed by atoms with Crippen LogP contribution in [-0.2, 0) is 0 Å². The molecule has 1 heterocycles. The molecule has 5 heteroatoms. The molecule has 0 saturated heterocycles. The van der Waals surface area contributed by atoms with Crippen LogP contribution in [0.15, 0.2) is 18.2 Å². The summed E-state index contributed by atoms with van der Waals surface area (Å²) >= 11 is 6.90. The maximum Gasteiger partial charge on any atom is -1.00 e. The van der Waals surface area contributed by atoms with E-state index in [1.165, 1.54) is 9.78 Å². The second-order valence-electron chi connectivity index (χ2n) is 1.86. The maximum atomic E-state index is 5.80. The average Bonchev–Trinajstić information content (AvgIpc) is 2.33. The van der Waals surface area contributed by atoms with Crippen LogP contribution in [-0.4, -0.2) is 29.5 Å². The molecule has 0 saturated carbocycles. The van der Waals surface area contributed by atoms with E-state index in [9.17, 15) is 0 Å². The van der Waals surface area contributed by atoms with Crippen LogP contribution in [0.4, 0.5) is 0 Å². The molecule has 0 aliphatic carbocycles. The molecule has 0 radical (unpaired) electrons. The molecule has 11 heavy (non-hydrogen) atoms. The summed E-state index contributed by atoms with van der Waals surface area (Å²) in [5.41, 5.74) is 1.17. The predicted octanol–water partition coefficient (Wildman–Crippen LogP) is -1.71. The molecule has 0 spiro atoms. The normalized spacial score (nSPS) is 9.55. The Bertz CT molecular complexity index is 360. The van der Waals surface area contributed by atoms with Gasteiger partial charge in [-0.3, -0.25) is 0 Å². The Morgan fingerprint density at radius 2 is 2.27 bits per heavy atom. The van der Waals surface area contributed by atoms with Crippen LogP contribution >= 0.6 is 11.6 Å². The number of nitrogens with zero attached hydrogens (tertiary/aromatic N) is 1. The van der Waals surface area contributed by atoms with Crippen molar-refractivity contribution in [3.63, 3.8) is 0 Å². The molecule has 0 aliphatic heterocycles. The van der Waals surface area contributed by atoms with Gasteiger partial charge in [0.2, 0.25) is 0 Å². The van der Waals surface area contributed by atoms with E-state index >= 15 is 0 Å². The third-order valence-corrected chi connectivity index (χ3v) is 6.79. The minimum absolute atomic E-state index is 0. The summed E-state index contributed by atoms with van der Waals surface area (Å²) in [6.45, 7) is 0. The van der Waals surface area contributed by atoms with Gasteiger partial charge in [-0.25, -0.2) is 0 Å². The van der Waals surface area contributed by atoms with Gasteiger partial charge in [-0.1, -0.05) is 0 Å². The van der Waals surface area contributed by atoms with Crippen LogP contribution in [0.25, 0.3) is 9.78 Å². The first-order chi connectivity index (χ1) is 4.86. The largest absolute Gasteiger partial charge is 1.00 e. The number of aromatic nitrogens is 1. The van der Waals surface area contributed by atoms with Gasteiger partial charge in [-0.05, 0) is 0 Å². The summed E-state index contributed by atoms with van der Waals surface area (Å²) in [5.74, 6) is 0. The van der Waals surface area contributed by atoms with Gasteiger partial charge in [0.05, 0.1) is 0 Å². The SMILES string of the molecule is Clc1ccc2n[se][se+]c2c1.[Cl-]. The Morgan fingerprint density at radius 3 is 3.09 bits per heavy atom. The van der Waals surface area contributed by atoms with Gasteiger partial charge in [0.1, 0.15) is 0 Å². The van der Waals surface area contributed by atoms with Crippen LogP contribution < -0.4 is 12.4 Å². The molecule has 0 amide bonds. The van der Waals surface area contributed by atoms with Gasteiger partial charge in [0.15, 0.2) is 0 Å². The molecule has 0 bridgehead atoms. The summed E-state index contributed by atoms with van der Waals surface area (Å²) in [6.07, 6.45) is 0. The Hall–Kier alpha value is 0.639. The van der Waals surface area contributed by atoms with E-state index in [1.807, 2.05) is 18.2 Å². The molecule has 2 aromatic rings. The summed E-state index contributed by atoms with van der Waals surface area (Å²) in [6, 6.07) is 5.95. The van der Waals surface area contributed by atoms with Crippen molar-refractivity contribution in [2.75, 3.05) is 0 Å². The van der Waals surface area contributed by atoms with Gasteiger partial charge in [0, 0.05) is 0 Å². The molecule has 0 fully saturated rings. The predicted molar refractivity (Wildman–Crippen MR) is 45.0 cm³/mol. The monoisotopic (exact) mass is 319 g/mol. The maximum absolute atomic E-state index is 5.80. The Labute approximate surface area is 86.0 Å². The first kappa shape index (κ1) is 9.72. The zero-order valence-electron chi connectivity index (χ0n) is 5.25. The van der Waals surface area contributed by atoms with Crippen LogP contribution in [0.5, 0.6) is 0 Å². The van der Waals surface area contributed by atoms with Crippen LogP contribution in [0.2, 0.25) is 5.02 Å². The van der Waals surface area contributed by atoms with Crippen molar-refractivity contribution >= 4 is 46.9 Å². The van der Waals surface area contributed by atoms with Gasteiger partial charge in [-0.2, -0.15) is 0 Å². The fraction of sp³-hybridized carbons (Fsp3) is 0. The Morgan fingerprint density at radius 1 is 1.45 bits per heavy atom. The second-order valence-corrected chi connectivity index (χ2v) is 7.71. The van der Waals surface area contributed by atoms with E-state index in [4.69, 9.17) is 11.6 Å². The molecular weight excluding hydrogens is 315 g/mol. The molecule has 58 valence electrons. The summed E-state index contributed by atoms with van der Waals surface area (Å²) < 4.78 is 5.75. The van der Waals surface area contributed by atoms with Gasteiger partial charge in [-0.15, -0.1) is 0 Å². The summed E-state index contributed by atoms with van der Waals surface area (Å²) in [7, 11) is 0. The van der Waals surface area contributed by atoms with Gasteiger partial charge in [0.25, 0.3) is 0 Å². The van der Waals surface area contributed by atoms with Gasteiger partial charge >= 0.3 is 74.1 Å². The average molecular weight is 318 g/mol. The van der Waals surface area contributed by atoms with Gasteiger partial charge < -0.3 is 12.4 Å². The van der Waals surface area contributed by atoms with Crippen LogP contribution in [0.3, 0.4) is 0 Å². The molecule has 1 nitrogen and oxygen atoms in total. The summed E-state index contributed by atoms with van der Waals surface area (Å²) in [4.78, 5) is 0. The van der Waals surface area contributed by atoms with E-state index in [1.54, 1.807) is 0 Å². The zero-order chi connectivity index (χ0) is 6.97. The molecule has 0 aliphatic rings. The first-order valence-corrected chi connectivity index (χ1v) is 9.04. The molecule has 0 N–H and O–H groups in total. The zero-order valence-corrected chi connectivity index (χ0v) is 10.2. The van der Waals surface area contributed by atoms with Crippen molar-refractivity contribution in [2.24, 2.45) is 0 Å². The van der Waals surface area contributed by atoms with Crippen molar-refractivity contribution in [1.82, 2.24) is 3.98 Å². The molecular formula is C6H3Cl2NSe2. The van der Waals surface area contributed by atoms with Crippen LogP contribution in [0.1, 0.15) is 0 Å².